The van der Waals surface area contributed by atoms with E-state index in [1.165, 1.54) is 6.07 Å². The van der Waals surface area contributed by atoms with E-state index in [0.717, 1.165) is 5.69 Å². The zero-order valence-corrected chi connectivity index (χ0v) is 9.91. The van der Waals surface area contributed by atoms with Gasteiger partial charge in [-0.15, -0.1) is 0 Å². The van der Waals surface area contributed by atoms with Crippen molar-refractivity contribution in [2.75, 3.05) is 0 Å². The third kappa shape index (κ3) is 3.14. The molecule has 0 saturated carbocycles. The Kier molecular flexibility index (Phi) is 3.54. The SMILES string of the molecule is Cc1ccnc(OCc2ccc(Cl)cc2F)n1. The first-order chi connectivity index (χ1) is 8.15. The van der Waals surface area contributed by atoms with Crippen LogP contribution in [0.2, 0.25) is 5.02 Å². The van der Waals surface area contributed by atoms with Crippen LogP contribution in [-0.2, 0) is 6.61 Å². The Labute approximate surface area is 103 Å². The zero-order valence-electron chi connectivity index (χ0n) is 9.15. The third-order valence-corrected chi connectivity index (χ3v) is 2.38. The van der Waals surface area contributed by atoms with Gasteiger partial charge in [0.15, 0.2) is 0 Å². The predicted molar refractivity (Wildman–Crippen MR) is 62.5 cm³/mol. The van der Waals surface area contributed by atoms with Gasteiger partial charge in [0, 0.05) is 22.5 Å². The van der Waals surface area contributed by atoms with Crippen LogP contribution >= 0.6 is 11.6 Å². The molecule has 0 aliphatic rings. The Balaban J connectivity index is 2.07. The van der Waals surface area contributed by atoms with Crippen molar-refractivity contribution in [1.82, 2.24) is 9.97 Å². The van der Waals surface area contributed by atoms with Crippen LogP contribution < -0.4 is 4.74 Å². The molecule has 2 aromatic rings. The van der Waals surface area contributed by atoms with Gasteiger partial charge < -0.3 is 4.74 Å². The summed E-state index contributed by atoms with van der Waals surface area (Å²) in [6.45, 7) is 1.91. The fourth-order valence-electron chi connectivity index (χ4n) is 1.28. The molecule has 0 spiro atoms. The van der Waals surface area contributed by atoms with Gasteiger partial charge in [0.2, 0.25) is 0 Å². The molecule has 0 amide bonds. The minimum absolute atomic E-state index is 0.0758. The number of halogens is 2. The standard InChI is InChI=1S/C12H10ClFN2O/c1-8-4-5-15-12(16-8)17-7-9-2-3-10(13)6-11(9)14/h2-6H,7H2,1H3. The predicted octanol–water partition coefficient (Wildman–Crippen LogP) is 3.16. The first kappa shape index (κ1) is 11.8. The van der Waals surface area contributed by atoms with Crippen LogP contribution in [0, 0.1) is 12.7 Å². The van der Waals surface area contributed by atoms with Crippen molar-refractivity contribution >= 4 is 11.6 Å². The maximum absolute atomic E-state index is 13.4. The monoisotopic (exact) mass is 252 g/mol. The Bertz CT molecular complexity index is 534. The molecule has 0 bridgehead atoms. The van der Waals surface area contributed by atoms with Crippen LogP contribution in [0.25, 0.3) is 0 Å². The summed E-state index contributed by atoms with van der Waals surface area (Å²) in [7, 11) is 0. The van der Waals surface area contributed by atoms with Gasteiger partial charge in [-0.05, 0) is 25.1 Å². The minimum atomic E-state index is -0.398. The van der Waals surface area contributed by atoms with Crippen molar-refractivity contribution in [3.8, 4) is 6.01 Å². The molecule has 5 heteroatoms. The third-order valence-electron chi connectivity index (χ3n) is 2.14. The van der Waals surface area contributed by atoms with E-state index in [0.29, 0.717) is 10.6 Å². The van der Waals surface area contributed by atoms with Gasteiger partial charge >= 0.3 is 6.01 Å². The Morgan fingerprint density at radius 1 is 1.35 bits per heavy atom. The number of hydrogen-bond acceptors (Lipinski definition) is 3. The van der Waals surface area contributed by atoms with Crippen molar-refractivity contribution in [2.24, 2.45) is 0 Å². The van der Waals surface area contributed by atoms with Gasteiger partial charge in [0.25, 0.3) is 0 Å². The average Bonchev–Trinajstić information content (AvgIpc) is 2.28. The second-order valence-electron chi connectivity index (χ2n) is 3.51. The van der Waals surface area contributed by atoms with Crippen molar-refractivity contribution in [3.05, 3.63) is 52.6 Å². The fraction of sp³-hybridized carbons (Fsp3) is 0.167. The summed E-state index contributed by atoms with van der Waals surface area (Å²) in [5.41, 5.74) is 1.21. The van der Waals surface area contributed by atoms with E-state index in [-0.39, 0.29) is 12.6 Å². The van der Waals surface area contributed by atoms with Crippen molar-refractivity contribution < 1.29 is 9.13 Å². The second kappa shape index (κ2) is 5.10. The molecular formula is C12H10ClFN2O. The lowest BCUT2D eigenvalue weighted by molar-refractivity contribution is 0.274. The van der Waals surface area contributed by atoms with Crippen LogP contribution in [0.15, 0.2) is 30.5 Å². The Hall–Kier alpha value is -1.68. The van der Waals surface area contributed by atoms with E-state index in [1.807, 2.05) is 6.92 Å². The number of rotatable bonds is 3. The molecule has 3 nitrogen and oxygen atoms in total. The highest BCUT2D eigenvalue weighted by molar-refractivity contribution is 6.30. The van der Waals surface area contributed by atoms with Crippen LogP contribution in [0.5, 0.6) is 6.01 Å². The van der Waals surface area contributed by atoms with E-state index in [2.05, 4.69) is 9.97 Å². The summed E-state index contributed by atoms with van der Waals surface area (Å²) in [6, 6.07) is 6.43. The van der Waals surface area contributed by atoms with Crippen molar-refractivity contribution in [2.45, 2.75) is 13.5 Å². The molecule has 0 unspecified atom stereocenters. The topological polar surface area (TPSA) is 35.0 Å². The smallest absolute Gasteiger partial charge is 0.316 e. The van der Waals surface area contributed by atoms with Gasteiger partial charge in [0.1, 0.15) is 12.4 Å². The summed E-state index contributed by atoms with van der Waals surface area (Å²) in [4.78, 5) is 7.97. The highest BCUT2D eigenvalue weighted by Crippen LogP contribution is 2.16. The second-order valence-corrected chi connectivity index (χ2v) is 3.94. The van der Waals surface area contributed by atoms with E-state index in [9.17, 15) is 4.39 Å². The summed E-state index contributed by atoms with van der Waals surface area (Å²) in [6.07, 6.45) is 1.59. The number of benzene rings is 1. The molecule has 1 heterocycles. The summed E-state index contributed by atoms with van der Waals surface area (Å²) < 4.78 is 18.7. The highest BCUT2D eigenvalue weighted by Gasteiger charge is 2.05. The van der Waals surface area contributed by atoms with Gasteiger partial charge in [-0.3, -0.25) is 0 Å². The number of nitrogens with zero attached hydrogens (tertiary/aromatic N) is 2. The molecule has 0 fully saturated rings. The Morgan fingerprint density at radius 2 is 2.18 bits per heavy atom. The first-order valence-electron chi connectivity index (χ1n) is 5.01. The number of aromatic nitrogens is 2. The molecule has 2 rings (SSSR count). The molecule has 88 valence electrons. The lowest BCUT2D eigenvalue weighted by atomic mass is 10.2. The van der Waals surface area contributed by atoms with Crippen LogP contribution in [-0.4, -0.2) is 9.97 Å². The fourth-order valence-corrected chi connectivity index (χ4v) is 1.44. The maximum Gasteiger partial charge on any atom is 0.316 e. The largest absolute Gasteiger partial charge is 0.458 e. The van der Waals surface area contributed by atoms with Gasteiger partial charge in [-0.2, -0.15) is 0 Å². The van der Waals surface area contributed by atoms with Crippen molar-refractivity contribution in [1.29, 1.82) is 0 Å². The van der Waals surface area contributed by atoms with Crippen LogP contribution in [0.3, 0.4) is 0 Å². The van der Waals surface area contributed by atoms with Crippen LogP contribution in [0.1, 0.15) is 11.3 Å². The molecule has 1 aromatic heterocycles. The molecular weight excluding hydrogens is 243 g/mol. The van der Waals surface area contributed by atoms with Crippen LogP contribution in [0.4, 0.5) is 4.39 Å². The van der Waals surface area contributed by atoms with Gasteiger partial charge in [-0.25, -0.2) is 14.4 Å². The van der Waals surface area contributed by atoms with E-state index >= 15 is 0 Å². The minimum Gasteiger partial charge on any atom is -0.458 e. The molecule has 0 saturated heterocycles. The lowest BCUT2D eigenvalue weighted by Crippen LogP contribution is -2.01. The number of hydrogen-bond donors (Lipinski definition) is 0. The summed E-state index contributed by atoms with van der Waals surface area (Å²) >= 11 is 5.65. The molecule has 0 radical (unpaired) electrons. The normalized spacial score (nSPS) is 10.3. The quantitative estimate of drug-likeness (QED) is 0.842. The van der Waals surface area contributed by atoms with Gasteiger partial charge in [-0.1, -0.05) is 17.7 Å². The van der Waals surface area contributed by atoms with E-state index < -0.39 is 5.82 Å². The number of ether oxygens (including phenoxy) is 1. The molecule has 0 aliphatic carbocycles. The van der Waals surface area contributed by atoms with E-state index in [1.54, 1.807) is 24.4 Å². The summed E-state index contributed by atoms with van der Waals surface area (Å²) in [5.74, 6) is -0.398. The molecule has 0 N–H and O–H groups in total. The lowest BCUT2D eigenvalue weighted by Gasteiger charge is -2.05. The molecule has 0 atom stereocenters. The summed E-state index contributed by atoms with van der Waals surface area (Å²) in [5, 5.41) is 0.359. The molecule has 1 aromatic carbocycles. The number of aryl methyl sites for hydroxylation is 1. The molecule has 0 aliphatic heterocycles. The average molecular weight is 253 g/mol. The first-order valence-corrected chi connectivity index (χ1v) is 5.39. The van der Waals surface area contributed by atoms with E-state index in [4.69, 9.17) is 16.3 Å². The zero-order chi connectivity index (χ0) is 12.3. The Morgan fingerprint density at radius 3 is 2.88 bits per heavy atom. The maximum atomic E-state index is 13.4. The molecule has 17 heavy (non-hydrogen) atoms. The van der Waals surface area contributed by atoms with Crippen molar-refractivity contribution in [3.63, 3.8) is 0 Å². The van der Waals surface area contributed by atoms with Gasteiger partial charge in [0.05, 0.1) is 0 Å². The highest BCUT2D eigenvalue weighted by atomic mass is 35.5.